The number of carbonyl (C=O) groups excluding carboxylic acids is 1. The number of anilines is 1. The Morgan fingerprint density at radius 1 is 1.40 bits per heavy atom. The fourth-order valence-corrected chi connectivity index (χ4v) is 2.91. The Labute approximate surface area is 150 Å². The molecule has 140 valence electrons. The van der Waals surface area contributed by atoms with Gasteiger partial charge in [0.1, 0.15) is 6.54 Å². The van der Waals surface area contributed by atoms with Crippen molar-refractivity contribution < 1.29 is 4.79 Å². The number of nitrogens with zero attached hydrogens (tertiary/aromatic N) is 6. The van der Waals surface area contributed by atoms with E-state index < -0.39 is 0 Å². The summed E-state index contributed by atoms with van der Waals surface area (Å²) in [5.41, 5.74) is 0.854. The zero-order valence-electron chi connectivity index (χ0n) is 15.9. The third kappa shape index (κ3) is 5.45. The topological polar surface area (TPSA) is 69.0 Å². The fourth-order valence-electron chi connectivity index (χ4n) is 2.91. The second-order valence-electron chi connectivity index (χ2n) is 6.47. The lowest BCUT2D eigenvalue weighted by molar-refractivity contribution is -0.120. The Bertz CT molecular complexity index is 583. The molecular weight excluding hydrogens is 318 g/mol. The number of carbonyl (C=O) groups is 1. The van der Waals surface area contributed by atoms with Gasteiger partial charge in [-0.2, -0.15) is 5.10 Å². The molecule has 1 aromatic heterocycles. The summed E-state index contributed by atoms with van der Waals surface area (Å²) >= 11 is 0. The van der Waals surface area contributed by atoms with Crippen molar-refractivity contribution in [2.24, 2.45) is 12.0 Å². The first-order valence-corrected chi connectivity index (χ1v) is 8.98. The van der Waals surface area contributed by atoms with Crippen LogP contribution in [0, 0.1) is 0 Å². The molecule has 2 rings (SSSR count). The van der Waals surface area contributed by atoms with Crippen LogP contribution in [0.15, 0.2) is 17.4 Å². The van der Waals surface area contributed by atoms with Crippen molar-refractivity contribution in [2.45, 2.75) is 19.8 Å². The number of likely N-dealkylation sites (N-methyl/N-ethyl adjacent to an activating group) is 1. The number of aryl methyl sites for hydroxylation is 1. The molecule has 1 fully saturated rings. The van der Waals surface area contributed by atoms with Crippen molar-refractivity contribution in [3.05, 3.63) is 12.4 Å². The molecule has 0 unspecified atom stereocenters. The lowest BCUT2D eigenvalue weighted by atomic mass is 10.3. The van der Waals surface area contributed by atoms with Crippen molar-refractivity contribution in [3.8, 4) is 0 Å². The van der Waals surface area contributed by atoms with Gasteiger partial charge >= 0.3 is 0 Å². The van der Waals surface area contributed by atoms with E-state index in [1.165, 1.54) is 12.8 Å². The average molecular weight is 349 g/mol. The Hall–Kier alpha value is -2.09. The van der Waals surface area contributed by atoms with E-state index in [0.29, 0.717) is 13.1 Å². The van der Waals surface area contributed by atoms with Crippen LogP contribution in [0.4, 0.5) is 5.69 Å². The first kappa shape index (κ1) is 19.2. The number of amides is 1. The molecule has 0 atom stereocenters. The van der Waals surface area contributed by atoms with Gasteiger partial charge in [-0.05, 0) is 20.0 Å². The highest BCUT2D eigenvalue weighted by molar-refractivity contribution is 5.98. The first-order valence-electron chi connectivity index (χ1n) is 8.98. The highest BCUT2D eigenvalue weighted by Gasteiger charge is 2.27. The number of aliphatic imine (C=N–C) groups is 1. The van der Waals surface area contributed by atoms with E-state index in [-0.39, 0.29) is 5.91 Å². The van der Waals surface area contributed by atoms with Crippen molar-refractivity contribution in [2.75, 3.05) is 58.3 Å². The van der Waals surface area contributed by atoms with E-state index in [9.17, 15) is 4.79 Å². The number of rotatable bonds is 7. The van der Waals surface area contributed by atoms with Gasteiger partial charge in [0.2, 0.25) is 5.91 Å². The second-order valence-corrected chi connectivity index (χ2v) is 6.47. The smallest absolute Gasteiger partial charge is 0.246 e. The van der Waals surface area contributed by atoms with E-state index in [4.69, 9.17) is 0 Å². The molecule has 0 bridgehead atoms. The molecule has 1 aliphatic heterocycles. The molecule has 8 heteroatoms. The summed E-state index contributed by atoms with van der Waals surface area (Å²) in [6.45, 7) is 6.83. The van der Waals surface area contributed by atoms with Crippen molar-refractivity contribution >= 4 is 17.6 Å². The fraction of sp³-hybridized carbons (Fsp3) is 0.706. The lowest BCUT2D eigenvalue weighted by Crippen LogP contribution is -2.55. The maximum absolute atomic E-state index is 12.5. The Morgan fingerprint density at radius 3 is 2.80 bits per heavy atom. The van der Waals surface area contributed by atoms with Crippen LogP contribution in [0.25, 0.3) is 0 Å². The lowest BCUT2D eigenvalue weighted by Gasteiger charge is -2.35. The Kier molecular flexibility index (Phi) is 7.24. The maximum atomic E-state index is 12.5. The molecular formula is C17H31N7O. The van der Waals surface area contributed by atoms with Gasteiger partial charge in [0.05, 0.1) is 11.9 Å². The van der Waals surface area contributed by atoms with Gasteiger partial charge in [0, 0.05) is 46.5 Å². The van der Waals surface area contributed by atoms with E-state index in [1.807, 2.05) is 18.1 Å². The molecule has 25 heavy (non-hydrogen) atoms. The standard InChI is InChI=1S/C17H31N7O/c1-5-6-8-21(3)9-7-19-17(18-2)23-10-11-24(16(25)14-23)15-12-20-22(4)13-15/h12-13H,5-11,14H2,1-4H3,(H,18,19). The number of unbranched alkanes of at least 4 members (excludes halogenated alkanes) is 1. The van der Waals surface area contributed by atoms with Crippen LogP contribution in [-0.2, 0) is 11.8 Å². The average Bonchev–Trinajstić information content (AvgIpc) is 3.03. The molecule has 8 nitrogen and oxygen atoms in total. The van der Waals surface area contributed by atoms with Crippen molar-refractivity contribution in [3.63, 3.8) is 0 Å². The predicted octanol–water partition coefficient (Wildman–Crippen LogP) is 0.376. The monoisotopic (exact) mass is 349 g/mol. The highest BCUT2D eigenvalue weighted by Crippen LogP contribution is 2.15. The highest BCUT2D eigenvalue weighted by atomic mass is 16.2. The molecule has 1 saturated heterocycles. The van der Waals surface area contributed by atoms with Crippen LogP contribution < -0.4 is 10.2 Å². The van der Waals surface area contributed by atoms with E-state index in [0.717, 1.165) is 37.8 Å². The molecule has 1 amide bonds. The molecule has 0 saturated carbocycles. The summed E-state index contributed by atoms with van der Waals surface area (Å²) in [6, 6.07) is 0. The number of guanidine groups is 1. The van der Waals surface area contributed by atoms with Gasteiger partial charge in [0.15, 0.2) is 5.96 Å². The first-order chi connectivity index (χ1) is 12.0. The predicted molar refractivity (Wildman–Crippen MR) is 101 cm³/mol. The zero-order valence-corrected chi connectivity index (χ0v) is 15.9. The number of hydrogen-bond donors (Lipinski definition) is 1. The minimum atomic E-state index is 0.0715. The van der Waals surface area contributed by atoms with Crippen molar-refractivity contribution in [1.82, 2.24) is 24.9 Å². The molecule has 0 aromatic carbocycles. The molecule has 1 N–H and O–H groups in total. The molecule has 0 spiro atoms. The van der Waals surface area contributed by atoms with Crippen LogP contribution in [-0.4, -0.2) is 84.8 Å². The minimum absolute atomic E-state index is 0.0715. The van der Waals surface area contributed by atoms with Crippen LogP contribution in [0.2, 0.25) is 0 Å². The third-order valence-corrected chi connectivity index (χ3v) is 4.40. The minimum Gasteiger partial charge on any atom is -0.355 e. The van der Waals surface area contributed by atoms with Gasteiger partial charge < -0.3 is 20.0 Å². The molecule has 1 aliphatic rings. The molecule has 1 aromatic rings. The maximum Gasteiger partial charge on any atom is 0.246 e. The van der Waals surface area contributed by atoms with Gasteiger partial charge in [-0.3, -0.25) is 14.5 Å². The van der Waals surface area contributed by atoms with Crippen LogP contribution in [0.5, 0.6) is 0 Å². The number of hydrogen-bond acceptors (Lipinski definition) is 4. The SMILES string of the molecule is CCCCN(C)CCNC(=NC)N1CCN(c2cnn(C)c2)C(=O)C1. The number of piperazine rings is 1. The quantitative estimate of drug-likeness (QED) is 0.569. The molecule has 0 aliphatic carbocycles. The summed E-state index contributed by atoms with van der Waals surface area (Å²) in [5.74, 6) is 0.866. The Balaban J connectivity index is 1.81. The summed E-state index contributed by atoms with van der Waals surface area (Å²) in [6.07, 6.45) is 6.03. The molecule has 2 heterocycles. The summed E-state index contributed by atoms with van der Waals surface area (Å²) < 4.78 is 1.71. The third-order valence-electron chi connectivity index (χ3n) is 4.40. The van der Waals surface area contributed by atoms with Crippen LogP contribution in [0.1, 0.15) is 19.8 Å². The van der Waals surface area contributed by atoms with Gasteiger partial charge in [-0.25, -0.2) is 0 Å². The van der Waals surface area contributed by atoms with Crippen LogP contribution in [0.3, 0.4) is 0 Å². The Morgan fingerprint density at radius 2 is 2.20 bits per heavy atom. The van der Waals surface area contributed by atoms with Gasteiger partial charge in [-0.15, -0.1) is 0 Å². The van der Waals surface area contributed by atoms with Gasteiger partial charge in [0.25, 0.3) is 0 Å². The van der Waals surface area contributed by atoms with E-state index >= 15 is 0 Å². The summed E-state index contributed by atoms with van der Waals surface area (Å²) in [5, 5.41) is 7.52. The van der Waals surface area contributed by atoms with Crippen molar-refractivity contribution in [1.29, 1.82) is 0 Å². The van der Waals surface area contributed by atoms with E-state index in [2.05, 4.69) is 34.3 Å². The largest absolute Gasteiger partial charge is 0.355 e. The van der Waals surface area contributed by atoms with Crippen LogP contribution >= 0.6 is 0 Å². The van der Waals surface area contributed by atoms with Gasteiger partial charge in [-0.1, -0.05) is 13.3 Å². The zero-order chi connectivity index (χ0) is 18.2. The number of nitrogens with one attached hydrogen (secondary N) is 1. The second kappa shape index (κ2) is 9.41. The molecule has 0 radical (unpaired) electrons. The summed E-state index contributed by atoms with van der Waals surface area (Å²) in [4.78, 5) is 22.9. The normalized spacial score (nSPS) is 16.0. The number of aromatic nitrogens is 2. The van der Waals surface area contributed by atoms with E-state index in [1.54, 1.807) is 22.8 Å². The summed E-state index contributed by atoms with van der Waals surface area (Å²) in [7, 11) is 5.75.